The van der Waals surface area contributed by atoms with Gasteiger partial charge in [-0.3, -0.25) is 4.79 Å². The molecule has 0 saturated carbocycles. The maximum absolute atomic E-state index is 12.1. The fourth-order valence-electron chi connectivity index (χ4n) is 1.65. The zero-order chi connectivity index (χ0) is 12.8. The molecule has 0 aliphatic heterocycles. The van der Waals surface area contributed by atoms with Crippen molar-refractivity contribution in [2.45, 2.75) is 6.42 Å². The summed E-state index contributed by atoms with van der Waals surface area (Å²) in [5.74, 6) is 0.794. The number of rotatable bonds is 5. The molecule has 1 radical (unpaired) electrons. The number of carbonyl (C=O) groups is 1. The van der Waals surface area contributed by atoms with Gasteiger partial charge >= 0.3 is 0 Å². The first-order chi connectivity index (χ1) is 8.81. The van der Waals surface area contributed by atoms with Crippen LogP contribution in [0.3, 0.4) is 0 Å². The SMILES string of the molecule is [CH2]CCOc1ccc(C(=O)c2ccccc2)cc1. The van der Waals surface area contributed by atoms with Gasteiger partial charge < -0.3 is 4.74 Å². The van der Waals surface area contributed by atoms with Crippen LogP contribution < -0.4 is 4.74 Å². The maximum atomic E-state index is 12.1. The minimum atomic E-state index is 0.0271. The van der Waals surface area contributed by atoms with Crippen molar-refractivity contribution in [3.8, 4) is 5.75 Å². The van der Waals surface area contributed by atoms with Gasteiger partial charge in [-0.2, -0.15) is 0 Å². The molecule has 0 bridgehead atoms. The Morgan fingerprint density at radius 2 is 1.56 bits per heavy atom. The van der Waals surface area contributed by atoms with E-state index in [0.717, 1.165) is 12.2 Å². The van der Waals surface area contributed by atoms with Crippen molar-refractivity contribution in [3.05, 3.63) is 72.6 Å². The summed E-state index contributed by atoms with van der Waals surface area (Å²) in [6.45, 7) is 4.30. The van der Waals surface area contributed by atoms with Crippen LogP contribution in [0.15, 0.2) is 54.6 Å². The smallest absolute Gasteiger partial charge is 0.193 e. The first kappa shape index (κ1) is 12.4. The number of hydrogen-bond acceptors (Lipinski definition) is 2. The topological polar surface area (TPSA) is 26.3 Å². The van der Waals surface area contributed by atoms with E-state index in [2.05, 4.69) is 6.92 Å². The van der Waals surface area contributed by atoms with Crippen LogP contribution in [0.25, 0.3) is 0 Å². The summed E-state index contributed by atoms with van der Waals surface area (Å²) in [5, 5.41) is 0. The molecule has 0 heterocycles. The Morgan fingerprint density at radius 3 is 2.17 bits per heavy atom. The normalized spacial score (nSPS) is 10.1. The number of hydrogen-bond donors (Lipinski definition) is 0. The zero-order valence-electron chi connectivity index (χ0n) is 10.1. The third-order valence-corrected chi connectivity index (χ3v) is 2.57. The Labute approximate surface area is 107 Å². The molecule has 0 aliphatic carbocycles. The van der Waals surface area contributed by atoms with Crippen molar-refractivity contribution in [2.24, 2.45) is 0 Å². The predicted molar refractivity (Wildman–Crippen MR) is 71.8 cm³/mol. The first-order valence-electron chi connectivity index (χ1n) is 5.93. The van der Waals surface area contributed by atoms with Crippen molar-refractivity contribution in [1.29, 1.82) is 0 Å². The molecule has 2 nitrogen and oxygen atoms in total. The van der Waals surface area contributed by atoms with Crippen LogP contribution in [0.2, 0.25) is 0 Å². The molecule has 0 aliphatic rings. The van der Waals surface area contributed by atoms with E-state index >= 15 is 0 Å². The van der Waals surface area contributed by atoms with Gasteiger partial charge in [-0.25, -0.2) is 0 Å². The molecule has 2 aromatic rings. The van der Waals surface area contributed by atoms with Crippen molar-refractivity contribution in [2.75, 3.05) is 6.61 Å². The quantitative estimate of drug-likeness (QED) is 0.746. The Morgan fingerprint density at radius 1 is 0.944 bits per heavy atom. The van der Waals surface area contributed by atoms with Gasteiger partial charge in [0.05, 0.1) is 6.61 Å². The lowest BCUT2D eigenvalue weighted by Gasteiger charge is -2.05. The van der Waals surface area contributed by atoms with Crippen LogP contribution in [0.4, 0.5) is 0 Å². The summed E-state index contributed by atoms with van der Waals surface area (Å²) in [4.78, 5) is 12.1. The molecule has 0 atom stereocenters. The Bertz CT molecular complexity index is 500. The molecule has 2 rings (SSSR count). The number of ether oxygens (including phenoxy) is 1. The van der Waals surface area contributed by atoms with Gasteiger partial charge in [-0.1, -0.05) is 30.3 Å². The average Bonchev–Trinajstić information content (AvgIpc) is 2.46. The second kappa shape index (κ2) is 6.01. The minimum absolute atomic E-state index is 0.0271. The molecule has 0 amide bonds. The largest absolute Gasteiger partial charge is 0.494 e. The zero-order valence-corrected chi connectivity index (χ0v) is 10.1. The van der Waals surface area contributed by atoms with Gasteiger partial charge in [-0.15, -0.1) is 0 Å². The lowest BCUT2D eigenvalue weighted by Crippen LogP contribution is -2.01. The molecular formula is C16H15O2. The Kier molecular flexibility index (Phi) is 4.13. The van der Waals surface area contributed by atoms with E-state index in [-0.39, 0.29) is 5.78 Å². The van der Waals surface area contributed by atoms with Crippen LogP contribution >= 0.6 is 0 Å². The van der Waals surface area contributed by atoms with Crippen LogP contribution in [0.5, 0.6) is 5.75 Å². The van der Waals surface area contributed by atoms with Gasteiger partial charge in [0.25, 0.3) is 0 Å². The van der Waals surface area contributed by atoms with Gasteiger partial charge in [0.2, 0.25) is 0 Å². The molecule has 0 fully saturated rings. The van der Waals surface area contributed by atoms with Gasteiger partial charge in [-0.05, 0) is 37.6 Å². The third kappa shape index (κ3) is 2.98. The highest BCUT2D eigenvalue weighted by atomic mass is 16.5. The number of ketones is 1. The van der Waals surface area contributed by atoms with Crippen molar-refractivity contribution in [1.82, 2.24) is 0 Å². The van der Waals surface area contributed by atoms with Crippen LogP contribution in [0.1, 0.15) is 22.3 Å². The van der Waals surface area contributed by atoms with E-state index in [1.807, 2.05) is 42.5 Å². The average molecular weight is 239 g/mol. The van der Waals surface area contributed by atoms with Crippen LogP contribution in [-0.2, 0) is 0 Å². The summed E-state index contributed by atoms with van der Waals surface area (Å²) < 4.78 is 5.42. The van der Waals surface area contributed by atoms with E-state index in [9.17, 15) is 4.79 Å². The second-order valence-electron chi connectivity index (χ2n) is 3.92. The molecule has 0 unspecified atom stereocenters. The predicted octanol–water partition coefficient (Wildman–Crippen LogP) is 3.52. The second-order valence-corrected chi connectivity index (χ2v) is 3.92. The standard InChI is InChI=1S/C16H15O2/c1-2-12-18-15-10-8-14(9-11-15)16(17)13-6-4-3-5-7-13/h3-11H,1-2,12H2. The molecule has 2 heteroatoms. The monoisotopic (exact) mass is 239 g/mol. The summed E-state index contributed by atoms with van der Waals surface area (Å²) in [5.41, 5.74) is 1.37. The number of carbonyl (C=O) groups excluding carboxylic acids is 1. The summed E-state index contributed by atoms with van der Waals surface area (Å²) in [7, 11) is 0. The highest BCUT2D eigenvalue weighted by molar-refractivity contribution is 6.08. The van der Waals surface area contributed by atoms with E-state index in [1.54, 1.807) is 12.1 Å². The Balaban J connectivity index is 2.12. The first-order valence-corrected chi connectivity index (χ1v) is 5.93. The van der Waals surface area contributed by atoms with Crippen molar-refractivity contribution >= 4 is 5.78 Å². The van der Waals surface area contributed by atoms with Gasteiger partial charge in [0.1, 0.15) is 5.75 Å². The molecule has 18 heavy (non-hydrogen) atoms. The molecule has 0 aromatic heterocycles. The highest BCUT2D eigenvalue weighted by Crippen LogP contribution is 2.15. The summed E-state index contributed by atoms with van der Waals surface area (Å²) in [6, 6.07) is 16.4. The lowest BCUT2D eigenvalue weighted by molar-refractivity contribution is 0.103. The molecular weight excluding hydrogens is 224 g/mol. The van der Waals surface area contributed by atoms with Gasteiger partial charge in [0, 0.05) is 11.1 Å². The Hall–Kier alpha value is -2.09. The van der Waals surface area contributed by atoms with Crippen LogP contribution in [-0.4, -0.2) is 12.4 Å². The lowest BCUT2D eigenvalue weighted by atomic mass is 10.0. The van der Waals surface area contributed by atoms with Gasteiger partial charge in [0.15, 0.2) is 5.78 Å². The van der Waals surface area contributed by atoms with E-state index in [0.29, 0.717) is 17.7 Å². The highest BCUT2D eigenvalue weighted by Gasteiger charge is 2.07. The maximum Gasteiger partial charge on any atom is 0.193 e. The molecule has 2 aromatic carbocycles. The fraction of sp³-hybridized carbons (Fsp3) is 0.125. The van der Waals surface area contributed by atoms with Crippen molar-refractivity contribution < 1.29 is 9.53 Å². The summed E-state index contributed by atoms with van der Waals surface area (Å²) >= 11 is 0. The molecule has 0 spiro atoms. The summed E-state index contributed by atoms with van der Waals surface area (Å²) in [6.07, 6.45) is 0.727. The van der Waals surface area contributed by atoms with E-state index < -0.39 is 0 Å². The van der Waals surface area contributed by atoms with Crippen molar-refractivity contribution in [3.63, 3.8) is 0 Å². The fourth-order valence-corrected chi connectivity index (χ4v) is 1.65. The number of benzene rings is 2. The molecule has 0 saturated heterocycles. The minimum Gasteiger partial charge on any atom is -0.494 e. The third-order valence-electron chi connectivity index (χ3n) is 2.57. The molecule has 91 valence electrons. The van der Waals surface area contributed by atoms with Crippen LogP contribution in [0, 0.1) is 6.92 Å². The molecule has 0 N–H and O–H groups in total. The van der Waals surface area contributed by atoms with E-state index in [1.165, 1.54) is 0 Å². The van der Waals surface area contributed by atoms with E-state index in [4.69, 9.17) is 4.74 Å².